The van der Waals surface area contributed by atoms with Crippen LogP contribution in [0, 0.1) is 13.8 Å². The number of rotatable bonds is 3. The van der Waals surface area contributed by atoms with Crippen LogP contribution in [-0.2, 0) is 16.9 Å². The van der Waals surface area contributed by atoms with Gasteiger partial charge < -0.3 is 9.88 Å². The fourth-order valence-electron chi connectivity index (χ4n) is 2.57. The van der Waals surface area contributed by atoms with E-state index in [9.17, 15) is 18.0 Å². The molecule has 0 unspecified atom stereocenters. The topological polar surface area (TPSA) is 98.1 Å². The van der Waals surface area contributed by atoms with Crippen molar-refractivity contribution in [2.75, 3.05) is 11.6 Å². The summed E-state index contributed by atoms with van der Waals surface area (Å²) in [7, 11) is -1.78. The smallest absolute Gasteiger partial charge is 0.266 e. The van der Waals surface area contributed by atoms with Gasteiger partial charge in [-0.1, -0.05) is 6.07 Å². The number of benzene rings is 1. The van der Waals surface area contributed by atoms with Gasteiger partial charge in [0.05, 0.1) is 21.5 Å². The van der Waals surface area contributed by atoms with Crippen LogP contribution in [0.5, 0.6) is 0 Å². The van der Waals surface area contributed by atoms with Gasteiger partial charge in [0.25, 0.3) is 11.5 Å². The molecule has 2 heterocycles. The number of nitrogens with zero attached hydrogens (tertiary/aromatic N) is 2. The number of sulfone groups is 1. The molecule has 1 amide bonds. The Bertz CT molecular complexity index is 1210. The van der Waals surface area contributed by atoms with Crippen LogP contribution in [0.2, 0.25) is 0 Å². The summed E-state index contributed by atoms with van der Waals surface area (Å²) in [6.45, 7) is 3.48. The molecule has 0 saturated carbocycles. The van der Waals surface area contributed by atoms with Crippen molar-refractivity contribution >= 4 is 43.0 Å². The first kappa shape index (κ1) is 18.3. The van der Waals surface area contributed by atoms with Gasteiger partial charge in [-0.25, -0.2) is 13.4 Å². The molecule has 0 atom stereocenters. The lowest BCUT2D eigenvalue weighted by molar-refractivity contribution is 0.103. The first-order chi connectivity index (χ1) is 12.1. The SMILES string of the molecule is Cc1ccc(S(C)(=O)=O)cc1NC(=O)c1sc2ncn(C)c(=O)c2c1C. The monoisotopic (exact) mass is 391 g/mol. The molecular weight excluding hydrogens is 374 g/mol. The van der Waals surface area contributed by atoms with E-state index in [1.807, 2.05) is 0 Å². The molecule has 7 nitrogen and oxygen atoms in total. The molecule has 0 aliphatic heterocycles. The number of anilines is 1. The van der Waals surface area contributed by atoms with E-state index >= 15 is 0 Å². The van der Waals surface area contributed by atoms with Gasteiger partial charge in [-0.15, -0.1) is 11.3 Å². The predicted molar refractivity (Wildman–Crippen MR) is 102 cm³/mol. The number of nitrogens with one attached hydrogen (secondary N) is 1. The van der Waals surface area contributed by atoms with Crippen molar-refractivity contribution in [3.8, 4) is 0 Å². The predicted octanol–water partition coefficient (Wildman–Crippen LogP) is 2.27. The Balaban J connectivity index is 2.04. The summed E-state index contributed by atoms with van der Waals surface area (Å²) < 4.78 is 24.8. The molecule has 0 aliphatic rings. The molecular formula is C17H17N3O4S2. The summed E-state index contributed by atoms with van der Waals surface area (Å²) in [6.07, 6.45) is 2.53. The molecule has 0 fully saturated rings. The number of hydrogen-bond acceptors (Lipinski definition) is 6. The highest BCUT2D eigenvalue weighted by Crippen LogP contribution is 2.28. The van der Waals surface area contributed by atoms with E-state index in [1.54, 1.807) is 27.0 Å². The molecule has 26 heavy (non-hydrogen) atoms. The third kappa shape index (κ3) is 3.15. The van der Waals surface area contributed by atoms with E-state index in [2.05, 4.69) is 10.3 Å². The van der Waals surface area contributed by atoms with Crippen LogP contribution in [0.15, 0.2) is 34.2 Å². The number of hydrogen-bond donors (Lipinski definition) is 1. The van der Waals surface area contributed by atoms with Crippen LogP contribution < -0.4 is 10.9 Å². The lowest BCUT2D eigenvalue weighted by Crippen LogP contribution is -2.17. The Morgan fingerprint density at radius 2 is 1.96 bits per heavy atom. The summed E-state index contributed by atoms with van der Waals surface area (Å²) in [6, 6.07) is 4.57. The van der Waals surface area contributed by atoms with Gasteiger partial charge in [0.15, 0.2) is 9.84 Å². The fraction of sp³-hybridized carbons (Fsp3) is 0.235. The highest BCUT2D eigenvalue weighted by Gasteiger charge is 2.20. The number of carbonyl (C=O) groups is 1. The van der Waals surface area contributed by atoms with Crippen LogP contribution in [0.4, 0.5) is 5.69 Å². The highest BCUT2D eigenvalue weighted by atomic mass is 32.2. The molecule has 3 aromatic rings. The quantitative estimate of drug-likeness (QED) is 0.738. The van der Waals surface area contributed by atoms with Crippen molar-refractivity contribution in [2.24, 2.45) is 7.05 Å². The lowest BCUT2D eigenvalue weighted by Gasteiger charge is -2.09. The first-order valence-corrected chi connectivity index (χ1v) is 10.4. The van der Waals surface area contributed by atoms with Crippen LogP contribution in [0.3, 0.4) is 0 Å². The summed E-state index contributed by atoms with van der Waals surface area (Å²) >= 11 is 1.13. The van der Waals surface area contributed by atoms with E-state index in [0.717, 1.165) is 23.2 Å². The molecule has 136 valence electrons. The maximum Gasteiger partial charge on any atom is 0.266 e. The largest absolute Gasteiger partial charge is 0.321 e. The number of carbonyl (C=O) groups excluding carboxylic acids is 1. The Morgan fingerprint density at radius 3 is 2.62 bits per heavy atom. The second kappa shape index (κ2) is 6.33. The molecule has 0 radical (unpaired) electrons. The third-order valence-electron chi connectivity index (χ3n) is 4.10. The molecule has 1 N–H and O–H groups in total. The molecule has 1 aromatic carbocycles. The summed E-state index contributed by atoms with van der Waals surface area (Å²) in [5.41, 5.74) is 1.50. The van der Waals surface area contributed by atoms with E-state index in [4.69, 9.17) is 0 Å². The zero-order valence-corrected chi connectivity index (χ0v) is 16.3. The molecule has 0 spiro atoms. The van der Waals surface area contributed by atoms with Gasteiger partial charge in [0, 0.05) is 19.0 Å². The zero-order valence-electron chi connectivity index (χ0n) is 14.7. The van der Waals surface area contributed by atoms with Gasteiger partial charge >= 0.3 is 0 Å². The average molecular weight is 391 g/mol. The van der Waals surface area contributed by atoms with Crippen LogP contribution in [0.1, 0.15) is 20.8 Å². The zero-order chi connectivity index (χ0) is 19.2. The maximum absolute atomic E-state index is 12.7. The number of aryl methyl sites for hydroxylation is 3. The van der Waals surface area contributed by atoms with Crippen molar-refractivity contribution in [3.63, 3.8) is 0 Å². The minimum atomic E-state index is -3.38. The molecule has 9 heteroatoms. The normalized spacial score (nSPS) is 11.7. The minimum absolute atomic E-state index is 0.127. The Hall–Kier alpha value is -2.52. The van der Waals surface area contributed by atoms with Gasteiger partial charge in [-0.05, 0) is 37.1 Å². The maximum atomic E-state index is 12.7. The summed E-state index contributed by atoms with van der Waals surface area (Å²) in [4.78, 5) is 30.2. The average Bonchev–Trinajstić information content (AvgIpc) is 2.89. The van der Waals surface area contributed by atoms with Crippen molar-refractivity contribution in [1.82, 2.24) is 9.55 Å². The number of thiophene rings is 1. The van der Waals surface area contributed by atoms with E-state index in [1.165, 1.54) is 23.0 Å². The number of amides is 1. The van der Waals surface area contributed by atoms with Gasteiger partial charge in [-0.2, -0.15) is 0 Å². The molecule has 0 bridgehead atoms. The standard InChI is InChI=1S/C17H17N3O4S2/c1-9-5-6-11(26(4,23)24)7-12(9)19-15(21)14-10(2)13-16(25-14)18-8-20(3)17(13)22/h5-8H,1-4H3,(H,19,21). The van der Waals surface area contributed by atoms with Gasteiger partial charge in [-0.3, -0.25) is 9.59 Å². The van der Waals surface area contributed by atoms with Gasteiger partial charge in [0.1, 0.15) is 4.83 Å². The Kier molecular flexibility index (Phi) is 4.45. The molecule has 0 saturated heterocycles. The Labute approximate surface area is 154 Å². The molecule has 3 rings (SSSR count). The number of aromatic nitrogens is 2. The van der Waals surface area contributed by atoms with Crippen LogP contribution in [0.25, 0.3) is 10.2 Å². The van der Waals surface area contributed by atoms with E-state index in [-0.39, 0.29) is 10.5 Å². The highest BCUT2D eigenvalue weighted by molar-refractivity contribution is 7.90. The first-order valence-electron chi connectivity index (χ1n) is 7.66. The van der Waals surface area contributed by atoms with Crippen molar-refractivity contribution in [1.29, 1.82) is 0 Å². The van der Waals surface area contributed by atoms with Crippen molar-refractivity contribution in [3.05, 3.63) is 50.9 Å². The van der Waals surface area contributed by atoms with Gasteiger partial charge in [0.2, 0.25) is 0 Å². The Morgan fingerprint density at radius 1 is 1.27 bits per heavy atom. The van der Waals surface area contributed by atoms with Crippen molar-refractivity contribution in [2.45, 2.75) is 18.7 Å². The van der Waals surface area contributed by atoms with E-state index in [0.29, 0.717) is 26.3 Å². The molecule has 0 aliphatic carbocycles. The third-order valence-corrected chi connectivity index (χ3v) is 6.41. The molecule has 2 aromatic heterocycles. The second-order valence-corrected chi connectivity index (χ2v) is 9.11. The second-order valence-electron chi connectivity index (χ2n) is 6.10. The van der Waals surface area contributed by atoms with Crippen LogP contribution >= 0.6 is 11.3 Å². The fourth-order valence-corrected chi connectivity index (χ4v) is 4.25. The number of fused-ring (bicyclic) bond motifs is 1. The summed E-state index contributed by atoms with van der Waals surface area (Å²) in [5.74, 6) is -0.402. The van der Waals surface area contributed by atoms with Crippen LogP contribution in [-0.4, -0.2) is 30.1 Å². The summed E-state index contributed by atoms with van der Waals surface area (Å²) in [5, 5.41) is 3.17. The van der Waals surface area contributed by atoms with E-state index < -0.39 is 15.7 Å². The lowest BCUT2D eigenvalue weighted by atomic mass is 10.2. The minimum Gasteiger partial charge on any atom is -0.321 e. The van der Waals surface area contributed by atoms with Crippen molar-refractivity contribution < 1.29 is 13.2 Å².